The zero-order valence-electron chi connectivity index (χ0n) is 15.2. The van der Waals surface area contributed by atoms with E-state index in [9.17, 15) is 25.5 Å². The lowest BCUT2D eigenvalue weighted by Crippen LogP contribution is -2.60. The van der Waals surface area contributed by atoms with Crippen molar-refractivity contribution in [3.05, 3.63) is 29.3 Å². The first-order valence-electron chi connectivity index (χ1n) is 8.91. The fourth-order valence-corrected chi connectivity index (χ4v) is 2.78. The molecule has 0 bridgehead atoms. The van der Waals surface area contributed by atoms with Gasteiger partial charge in [0.1, 0.15) is 36.6 Å². The Labute approximate surface area is 166 Å². The number of rotatable bonds is 6. The summed E-state index contributed by atoms with van der Waals surface area (Å²) in [4.78, 5) is 0. The Morgan fingerprint density at radius 2 is 1.72 bits per heavy atom. The van der Waals surface area contributed by atoms with E-state index in [1.807, 2.05) is 0 Å². The second kappa shape index (κ2) is 8.66. The van der Waals surface area contributed by atoms with E-state index in [2.05, 4.69) is 0 Å². The van der Waals surface area contributed by atoms with E-state index in [4.69, 9.17) is 24.7 Å². The molecule has 0 amide bonds. The molecule has 1 saturated heterocycles. The molecular weight excluding hydrogens is 384 g/mol. The first kappa shape index (κ1) is 20.9. The van der Waals surface area contributed by atoms with Crippen LogP contribution >= 0.6 is 0 Å². The SMILES string of the molecule is N#CC(C#N)=C(O)c1ccc(OC2OC(CO)C(O)C(O)C2O)c(OC2CC2)c1. The summed E-state index contributed by atoms with van der Waals surface area (Å²) < 4.78 is 16.7. The number of nitrogens with zero attached hydrogens (tertiary/aromatic N) is 2. The summed E-state index contributed by atoms with van der Waals surface area (Å²) in [5.74, 6) is -0.243. The largest absolute Gasteiger partial charge is 0.505 e. The van der Waals surface area contributed by atoms with Crippen LogP contribution in [0.1, 0.15) is 18.4 Å². The Morgan fingerprint density at radius 3 is 2.31 bits per heavy atom. The van der Waals surface area contributed by atoms with Gasteiger partial charge in [-0.15, -0.1) is 0 Å². The van der Waals surface area contributed by atoms with E-state index in [1.165, 1.54) is 18.2 Å². The summed E-state index contributed by atoms with van der Waals surface area (Å²) in [5, 5.41) is 67.2. The maximum absolute atomic E-state index is 10.1. The third-order valence-electron chi connectivity index (χ3n) is 4.59. The fraction of sp³-hybridized carbons (Fsp3) is 0.474. The van der Waals surface area contributed by atoms with Crippen LogP contribution in [0.4, 0.5) is 0 Å². The number of aliphatic hydroxyl groups is 5. The molecule has 10 heteroatoms. The van der Waals surface area contributed by atoms with Crippen molar-refractivity contribution in [3.8, 4) is 23.6 Å². The summed E-state index contributed by atoms with van der Waals surface area (Å²) in [6.45, 7) is -0.598. The van der Waals surface area contributed by atoms with E-state index < -0.39 is 48.6 Å². The maximum Gasteiger partial charge on any atom is 0.229 e. The van der Waals surface area contributed by atoms with Crippen LogP contribution in [0.25, 0.3) is 5.76 Å². The van der Waals surface area contributed by atoms with Gasteiger partial charge in [0.15, 0.2) is 22.8 Å². The van der Waals surface area contributed by atoms with Crippen molar-refractivity contribution in [3.63, 3.8) is 0 Å². The fourth-order valence-electron chi connectivity index (χ4n) is 2.78. The summed E-state index contributed by atoms with van der Waals surface area (Å²) in [5.41, 5.74) is -0.315. The number of hydrogen-bond donors (Lipinski definition) is 5. The minimum Gasteiger partial charge on any atom is -0.505 e. The topological polar surface area (TPSA) is 176 Å². The quantitative estimate of drug-likeness (QED) is 0.313. The van der Waals surface area contributed by atoms with Gasteiger partial charge >= 0.3 is 0 Å². The molecule has 5 N–H and O–H groups in total. The standard InChI is InChI=1S/C19H20N2O8/c20-6-10(7-21)15(23)9-1-4-12(13(5-9)27-11-2-3-11)28-19-18(26)17(25)16(24)14(8-22)29-19/h1,4-5,11,14,16-19,22-26H,2-3,8H2. The smallest absolute Gasteiger partial charge is 0.229 e. The van der Waals surface area contributed by atoms with Crippen LogP contribution in [-0.4, -0.2) is 68.9 Å². The van der Waals surface area contributed by atoms with Crippen LogP contribution in [0.5, 0.6) is 11.5 Å². The molecular formula is C19H20N2O8. The van der Waals surface area contributed by atoms with Gasteiger partial charge in [0.05, 0.1) is 12.7 Å². The summed E-state index contributed by atoms with van der Waals surface area (Å²) in [6.07, 6.45) is -5.70. The number of nitriles is 2. The van der Waals surface area contributed by atoms with E-state index in [1.54, 1.807) is 12.1 Å². The van der Waals surface area contributed by atoms with Gasteiger partial charge in [0.2, 0.25) is 6.29 Å². The van der Waals surface area contributed by atoms with Crippen LogP contribution in [-0.2, 0) is 4.74 Å². The molecule has 1 aromatic carbocycles. The molecule has 1 saturated carbocycles. The van der Waals surface area contributed by atoms with Gasteiger partial charge in [0.25, 0.3) is 0 Å². The van der Waals surface area contributed by atoms with Gasteiger partial charge in [-0.3, -0.25) is 0 Å². The van der Waals surface area contributed by atoms with Crippen LogP contribution in [0.15, 0.2) is 23.8 Å². The molecule has 0 spiro atoms. The molecule has 2 aliphatic rings. The van der Waals surface area contributed by atoms with Gasteiger partial charge in [0, 0.05) is 5.56 Å². The molecule has 5 unspecified atom stereocenters. The highest BCUT2D eigenvalue weighted by molar-refractivity contribution is 5.71. The number of aliphatic hydroxyl groups excluding tert-OH is 5. The molecule has 154 valence electrons. The van der Waals surface area contributed by atoms with E-state index in [-0.39, 0.29) is 23.2 Å². The molecule has 0 radical (unpaired) electrons. The highest BCUT2D eigenvalue weighted by atomic mass is 16.7. The summed E-state index contributed by atoms with van der Waals surface area (Å²) in [7, 11) is 0. The molecule has 3 rings (SSSR count). The highest BCUT2D eigenvalue weighted by Crippen LogP contribution is 2.37. The molecule has 10 nitrogen and oxygen atoms in total. The van der Waals surface area contributed by atoms with Crippen molar-refractivity contribution in [1.82, 2.24) is 0 Å². The Hall–Kier alpha value is -2.86. The normalized spacial score (nSPS) is 28.7. The van der Waals surface area contributed by atoms with Crippen LogP contribution in [0, 0.1) is 22.7 Å². The molecule has 0 aromatic heterocycles. The van der Waals surface area contributed by atoms with Gasteiger partial charge in [-0.1, -0.05) is 0 Å². The van der Waals surface area contributed by atoms with E-state index >= 15 is 0 Å². The van der Waals surface area contributed by atoms with Gasteiger partial charge in [-0.05, 0) is 31.0 Å². The third-order valence-corrected chi connectivity index (χ3v) is 4.59. The lowest BCUT2D eigenvalue weighted by atomic mass is 9.99. The van der Waals surface area contributed by atoms with Crippen LogP contribution in [0.3, 0.4) is 0 Å². The Kier molecular flexibility index (Phi) is 6.23. The Bertz CT molecular complexity index is 852. The molecule has 29 heavy (non-hydrogen) atoms. The van der Waals surface area contributed by atoms with Crippen molar-refractivity contribution in [2.24, 2.45) is 0 Å². The number of benzene rings is 1. The minimum absolute atomic E-state index is 0.0695. The second-order valence-corrected chi connectivity index (χ2v) is 6.74. The average molecular weight is 404 g/mol. The van der Waals surface area contributed by atoms with Gasteiger partial charge in [-0.25, -0.2) is 0 Å². The van der Waals surface area contributed by atoms with Crippen molar-refractivity contribution in [1.29, 1.82) is 10.5 Å². The maximum atomic E-state index is 10.1. The molecule has 2 fully saturated rings. The first-order valence-corrected chi connectivity index (χ1v) is 8.91. The van der Waals surface area contributed by atoms with Crippen molar-refractivity contribution in [2.45, 2.75) is 49.7 Å². The first-order chi connectivity index (χ1) is 13.9. The zero-order chi connectivity index (χ0) is 21.1. The number of allylic oxidation sites excluding steroid dienone is 1. The highest BCUT2D eigenvalue weighted by Gasteiger charge is 2.45. The average Bonchev–Trinajstić information content (AvgIpc) is 3.54. The Morgan fingerprint density at radius 1 is 1.03 bits per heavy atom. The molecule has 1 heterocycles. The third kappa shape index (κ3) is 4.43. The second-order valence-electron chi connectivity index (χ2n) is 6.74. The van der Waals surface area contributed by atoms with E-state index in [0.29, 0.717) is 0 Å². The monoisotopic (exact) mass is 404 g/mol. The summed E-state index contributed by atoms with van der Waals surface area (Å²) >= 11 is 0. The molecule has 1 aliphatic carbocycles. The van der Waals surface area contributed by atoms with Gasteiger partial charge in [-0.2, -0.15) is 10.5 Å². The number of hydrogen-bond acceptors (Lipinski definition) is 10. The van der Waals surface area contributed by atoms with Crippen molar-refractivity contribution in [2.75, 3.05) is 6.61 Å². The Balaban J connectivity index is 1.90. The number of ether oxygens (including phenoxy) is 3. The lowest BCUT2D eigenvalue weighted by molar-refractivity contribution is -0.277. The van der Waals surface area contributed by atoms with Gasteiger partial charge < -0.3 is 39.7 Å². The molecule has 1 aliphatic heterocycles. The van der Waals surface area contributed by atoms with Crippen molar-refractivity contribution < 1.29 is 39.7 Å². The summed E-state index contributed by atoms with van der Waals surface area (Å²) in [6, 6.07) is 7.34. The molecule has 5 atom stereocenters. The zero-order valence-corrected chi connectivity index (χ0v) is 15.2. The van der Waals surface area contributed by atoms with E-state index in [0.717, 1.165) is 12.8 Å². The van der Waals surface area contributed by atoms with Crippen LogP contribution in [0.2, 0.25) is 0 Å². The minimum atomic E-state index is -1.60. The predicted molar refractivity (Wildman–Crippen MR) is 95.3 cm³/mol. The lowest BCUT2D eigenvalue weighted by Gasteiger charge is -2.39. The van der Waals surface area contributed by atoms with Crippen LogP contribution < -0.4 is 9.47 Å². The van der Waals surface area contributed by atoms with Crippen molar-refractivity contribution >= 4 is 5.76 Å². The molecule has 1 aromatic rings. The predicted octanol–water partition coefficient (Wildman–Crippen LogP) is -0.277.